The first-order chi connectivity index (χ1) is 8.79. The molecular weight excluding hydrogens is 335 g/mol. The second-order valence-corrected chi connectivity index (χ2v) is 7.11. The van der Waals surface area contributed by atoms with Crippen LogP contribution in [0.15, 0.2) is 22.7 Å². The Morgan fingerprint density at radius 3 is 2.63 bits per heavy atom. The summed E-state index contributed by atoms with van der Waals surface area (Å²) in [6, 6.07) is 4.83. The van der Waals surface area contributed by atoms with Crippen LogP contribution in [0.25, 0.3) is 0 Å². The largest absolute Gasteiger partial charge is 0.310 e. The number of sulfonamides is 1. The molecule has 7 heteroatoms. The van der Waals surface area contributed by atoms with E-state index in [0.717, 1.165) is 6.26 Å². The van der Waals surface area contributed by atoms with E-state index >= 15 is 0 Å². The van der Waals surface area contributed by atoms with E-state index in [0.29, 0.717) is 29.5 Å². The minimum atomic E-state index is -3.13. The Labute approximate surface area is 122 Å². The van der Waals surface area contributed by atoms with Gasteiger partial charge in [0.1, 0.15) is 5.82 Å². The molecule has 1 rings (SSSR count). The number of halogens is 2. The summed E-state index contributed by atoms with van der Waals surface area (Å²) >= 11 is 3.21. The molecule has 0 radical (unpaired) electrons. The fourth-order valence-corrected chi connectivity index (χ4v) is 2.48. The van der Waals surface area contributed by atoms with E-state index in [9.17, 15) is 12.8 Å². The van der Waals surface area contributed by atoms with Crippen LogP contribution in [0.5, 0.6) is 0 Å². The van der Waals surface area contributed by atoms with Crippen molar-refractivity contribution in [3.8, 4) is 0 Å². The van der Waals surface area contributed by atoms with E-state index in [4.69, 9.17) is 0 Å². The van der Waals surface area contributed by atoms with Crippen LogP contribution in [-0.4, -0.2) is 27.8 Å². The summed E-state index contributed by atoms with van der Waals surface area (Å²) in [5, 5.41) is 3.16. The molecule has 108 valence electrons. The van der Waals surface area contributed by atoms with Crippen LogP contribution in [-0.2, 0) is 10.0 Å². The molecule has 0 saturated heterocycles. The first kappa shape index (κ1) is 16.6. The van der Waals surface area contributed by atoms with E-state index in [1.807, 2.05) is 6.92 Å². The molecule has 1 aromatic rings. The Bertz CT molecular complexity index is 522. The maximum atomic E-state index is 13.7. The summed E-state index contributed by atoms with van der Waals surface area (Å²) in [7, 11) is -3.13. The highest BCUT2D eigenvalue weighted by Crippen LogP contribution is 2.20. The molecule has 19 heavy (non-hydrogen) atoms. The van der Waals surface area contributed by atoms with E-state index in [1.54, 1.807) is 12.1 Å². The number of hydrogen-bond donors (Lipinski definition) is 2. The van der Waals surface area contributed by atoms with Crippen LogP contribution in [0.4, 0.5) is 4.39 Å². The maximum Gasteiger partial charge on any atom is 0.208 e. The summed E-state index contributed by atoms with van der Waals surface area (Å²) in [5.74, 6) is -0.261. The van der Waals surface area contributed by atoms with E-state index in [2.05, 4.69) is 26.0 Å². The lowest BCUT2D eigenvalue weighted by atomic mass is 10.1. The summed E-state index contributed by atoms with van der Waals surface area (Å²) in [5.41, 5.74) is 0.597. The molecule has 0 fully saturated rings. The minimum Gasteiger partial charge on any atom is -0.310 e. The van der Waals surface area contributed by atoms with Gasteiger partial charge < -0.3 is 5.32 Å². The molecule has 0 aliphatic carbocycles. The predicted molar refractivity (Wildman–Crippen MR) is 78.0 cm³/mol. The molecule has 0 aliphatic heterocycles. The van der Waals surface area contributed by atoms with Crippen molar-refractivity contribution >= 4 is 26.0 Å². The summed E-state index contributed by atoms with van der Waals surface area (Å²) in [4.78, 5) is 0. The van der Waals surface area contributed by atoms with E-state index in [-0.39, 0.29) is 11.9 Å². The van der Waals surface area contributed by atoms with Gasteiger partial charge in [0.05, 0.1) is 6.26 Å². The molecular formula is C12H18BrFN2O2S. The third-order valence-electron chi connectivity index (χ3n) is 2.60. The fraction of sp³-hybridized carbons (Fsp3) is 0.500. The Hall–Kier alpha value is -0.500. The second-order valence-electron chi connectivity index (χ2n) is 4.36. The topological polar surface area (TPSA) is 58.2 Å². The molecule has 0 bridgehead atoms. The van der Waals surface area contributed by atoms with Gasteiger partial charge in [0.2, 0.25) is 10.0 Å². The van der Waals surface area contributed by atoms with Crippen molar-refractivity contribution in [3.63, 3.8) is 0 Å². The molecule has 0 saturated carbocycles. The minimum absolute atomic E-state index is 0.119. The number of hydrogen-bond acceptors (Lipinski definition) is 3. The van der Waals surface area contributed by atoms with Crippen LogP contribution < -0.4 is 10.0 Å². The van der Waals surface area contributed by atoms with Gasteiger partial charge in [-0.3, -0.25) is 0 Å². The molecule has 2 N–H and O–H groups in total. The maximum absolute atomic E-state index is 13.7. The predicted octanol–water partition coefficient (Wildman–Crippen LogP) is 2.18. The number of nitrogens with one attached hydrogen (secondary N) is 2. The zero-order chi connectivity index (χ0) is 14.5. The van der Waals surface area contributed by atoms with Crippen molar-refractivity contribution in [2.75, 3.05) is 19.3 Å². The Kier molecular flexibility index (Phi) is 6.38. The molecule has 0 aromatic heterocycles. The van der Waals surface area contributed by atoms with Crippen molar-refractivity contribution in [2.45, 2.75) is 19.4 Å². The lowest BCUT2D eigenvalue weighted by Crippen LogP contribution is -2.27. The first-order valence-electron chi connectivity index (χ1n) is 5.92. The normalized spacial score (nSPS) is 13.5. The standard InChI is InChI=1S/C12H18BrFN2O2S/c1-9(11-5-4-10(13)8-12(11)14)15-6-3-7-16-19(2,17)18/h4-5,8-9,15-16H,3,6-7H2,1-2H3. The highest BCUT2D eigenvalue weighted by Gasteiger charge is 2.10. The van der Waals surface area contributed by atoms with Gasteiger partial charge in [-0.2, -0.15) is 0 Å². The Morgan fingerprint density at radius 2 is 2.05 bits per heavy atom. The second kappa shape index (κ2) is 7.33. The van der Waals surface area contributed by atoms with Crippen molar-refractivity contribution in [3.05, 3.63) is 34.1 Å². The molecule has 4 nitrogen and oxygen atoms in total. The molecule has 0 heterocycles. The van der Waals surface area contributed by atoms with Crippen LogP contribution in [0.2, 0.25) is 0 Å². The van der Waals surface area contributed by atoms with Gasteiger partial charge in [-0.1, -0.05) is 22.0 Å². The van der Waals surface area contributed by atoms with Crippen LogP contribution >= 0.6 is 15.9 Å². The van der Waals surface area contributed by atoms with Crippen LogP contribution in [0.1, 0.15) is 24.9 Å². The van der Waals surface area contributed by atoms with Gasteiger partial charge in [-0.15, -0.1) is 0 Å². The third-order valence-corrected chi connectivity index (χ3v) is 3.82. The molecule has 1 atom stereocenters. The Morgan fingerprint density at radius 1 is 1.37 bits per heavy atom. The van der Waals surface area contributed by atoms with E-state index < -0.39 is 10.0 Å². The van der Waals surface area contributed by atoms with Gasteiger partial charge in [-0.05, 0) is 32.0 Å². The highest BCUT2D eigenvalue weighted by molar-refractivity contribution is 9.10. The molecule has 0 spiro atoms. The average Bonchev–Trinajstić information content (AvgIpc) is 2.26. The quantitative estimate of drug-likeness (QED) is 0.739. The van der Waals surface area contributed by atoms with Gasteiger partial charge in [0.25, 0.3) is 0 Å². The lowest BCUT2D eigenvalue weighted by molar-refractivity contribution is 0.518. The van der Waals surface area contributed by atoms with Crippen molar-refractivity contribution in [1.29, 1.82) is 0 Å². The SMILES string of the molecule is CC(NCCCNS(C)(=O)=O)c1ccc(Br)cc1F. The molecule has 0 amide bonds. The zero-order valence-electron chi connectivity index (χ0n) is 10.9. The van der Waals surface area contributed by atoms with Crippen molar-refractivity contribution in [2.24, 2.45) is 0 Å². The van der Waals surface area contributed by atoms with Gasteiger partial charge in [0.15, 0.2) is 0 Å². The Balaban J connectivity index is 2.37. The monoisotopic (exact) mass is 352 g/mol. The van der Waals surface area contributed by atoms with Gasteiger partial charge >= 0.3 is 0 Å². The van der Waals surface area contributed by atoms with Gasteiger partial charge in [-0.25, -0.2) is 17.5 Å². The van der Waals surface area contributed by atoms with E-state index in [1.165, 1.54) is 6.07 Å². The average molecular weight is 353 g/mol. The van der Waals surface area contributed by atoms with Crippen molar-refractivity contribution < 1.29 is 12.8 Å². The van der Waals surface area contributed by atoms with Crippen LogP contribution in [0.3, 0.4) is 0 Å². The number of benzene rings is 1. The molecule has 0 aliphatic rings. The fourth-order valence-electron chi connectivity index (χ4n) is 1.63. The lowest BCUT2D eigenvalue weighted by Gasteiger charge is -2.15. The number of rotatable bonds is 7. The van der Waals surface area contributed by atoms with Crippen molar-refractivity contribution in [1.82, 2.24) is 10.0 Å². The molecule has 1 unspecified atom stereocenters. The van der Waals surface area contributed by atoms with Crippen LogP contribution in [0, 0.1) is 5.82 Å². The summed E-state index contributed by atoms with van der Waals surface area (Å²) < 4.78 is 38.5. The smallest absolute Gasteiger partial charge is 0.208 e. The highest BCUT2D eigenvalue weighted by atomic mass is 79.9. The third kappa shape index (κ3) is 6.47. The zero-order valence-corrected chi connectivity index (χ0v) is 13.3. The first-order valence-corrected chi connectivity index (χ1v) is 8.61. The summed E-state index contributed by atoms with van der Waals surface area (Å²) in [6.07, 6.45) is 1.77. The van der Waals surface area contributed by atoms with Gasteiger partial charge in [0, 0.05) is 22.6 Å². The summed E-state index contributed by atoms with van der Waals surface area (Å²) in [6.45, 7) is 2.86. The molecule has 1 aromatic carbocycles.